The number of hydrogen-bond acceptors (Lipinski definition) is 3. The maximum Gasteiger partial charge on any atom is 0.265 e. The summed E-state index contributed by atoms with van der Waals surface area (Å²) in [6.45, 7) is 7.06. The average molecular weight is 247 g/mol. The summed E-state index contributed by atoms with van der Waals surface area (Å²) in [6, 6.07) is 9.33. The second-order valence-electron chi connectivity index (χ2n) is 5.51. The van der Waals surface area contributed by atoms with Gasteiger partial charge in [0.25, 0.3) is 5.91 Å². The number of carbonyl (C=O) groups is 1. The lowest BCUT2D eigenvalue weighted by molar-refractivity contribution is -0.00572. The van der Waals surface area contributed by atoms with E-state index in [1.165, 1.54) is 0 Å². The molecule has 0 spiro atoms. The van der Waals surface area contributed by atoms with Crippen molar-refractivity contribution in [3.63, 3.8) is 0 Å². The molecule has 0 aromatic heterocycles. The normalized spacial score (nSPS) is 20.6. The highest BCUT2D eigenvalue weighted by Crippen LogP contribution is 2.17. The summed E-state index contributed by atoms with van der Waals surface area (Å²) in [6.07, 6.45) is 0. The first-order chi connectivity index (χ1) is 8.49. The van der Waals surface area contributed by atoms with Crippen molar-refractivity contribution in [3.8, 4) is 0 Å². The topological polar surface area (TPSA) is 35.6 Å². The smallest absolute Gasteiger partial charge is 0.265 e. The molecule has 1 fully saturated rings. The molecule has 1 aliphatic heterocycles. The van der Waals surface area contributed by atoms with E-state index < -0.39 is 0 Å². The molecule has 1 N–H and O–H groups in total. The Morgan fingerprint density at radius 3 is 2.50 bits per heavy atom. The molecule has 4 heteroatoms. The fourth-order valence-electron chi connectivity index (χ4n) is 2.38. The van der Waals surface area contributed by atoms with E-state index in [-0.39, 0.29) is 11.4 Å². The highest BCUT2D eigenvalue weighted by molar-refractivity contribution is 5.93. The van der Waals surface area contributed by atoms with E-state index in [2.05, 4.69) is 31.2 Å². The lowest BCUT2D eigenvalue weighted by Crippen LogP contribution is -2.63. The number of nitrogens with one attached hydrogen (secondary N) is 1. The van der Waals surface area contributed by atoms with Crippen molar-refractivity contribution in [2.75, 3.05) is 26.7 Å². The average Bonchev–Trinajstić information content (AvgIpc) is 2.33. The summed E-state index contributed by atoms with van der Waals surface area (Å²) in [4.78, 5) is 14.4. The Kier molecular flexibility index (Phi) is 3.68. The molecule has 4 nitrogen and oxygen atoms in total. The van der Waals surface area contributed by atoms with Gasteiger partial charge in [-0.05, 0) is 33.0 Å². The van der Waals surface area contributed by atoms with Crippen LogP contribution >= 0.6 is 0 Å². The zero-order valence-electron chi connectivity index (χ0n) is 11.3. The predicted octanol–water partition coefficient (Wildman–Crippen LogP) is 1.36. The van der Waals surface area contributed by atoms with Crippen molar-refractivity contribution in [1.82, 2.24) is 15.3 Å². The van der Waals surface area contributed by atoms with Gasteiger partial charge in [0.15, 0.2) is 0 Å². The minimum Gasteiger partial charge on any atom is -0.303 e. The molecule has 0 radical (unpaired) electrons. The van der Waals surface area contributed by atoms with Gasteiger partial charge in [-0.2, -0.15) is 0 Å². The Hall–Kier alpha value is -1.39. The standard InChI is InChI=1S/C14H21N3O/c1-14(2)11-16(3)9-10-17(14)15-13(18)12-7-5-4-6-8-12/h4-8H,9-11H2,1-3H3,(H,15,18). The summed E-state index contributed by atoms with van der Waals surface area (Å²) < 4.78 is 0. The number of hydrogen-bond donors (Lipinski definition) is 1. The van der Waals surface area contributed by atoms with Crippen molar-refractivity contribution < 1.29 is 4.79 Å². The molecule has 18 heavy (non-hydrogen) atoms. The first kappa shape index (κ1) is 13.1. The molecule has 1 amide bonds. The first-order valence-corrected chi connectivity index (χ1v) is 6.31. The Bertz CT molecular complexity index is 416. The van der Waals surface area contributed by atoms with Crippen LogP contribution in [0.15, 0.2) is 30.3 Å². The zero-order valence-corrected chi connectivity index (χ0v) is 11.3. The van der Waals surface area contributed by atoms with Crippen LogP contribution in [0.2, 0.25) is 0 Å². The fourth-order valence-corrected chi connectivity index (χ4v) is 2.38. The van der Waals surface area contributed by atoms with Crippen molar-refractivity contribution in [2.24, 2.45) is 0 Å². The number of hydrazine groups is 1. The molecule has 0 saturated carbocycles. The molecule has 1 aliphatic rings. The molecule has 1 aromatic rings. The van der Waals surface area contributed by atoms with Crippen molar-refractivity contribution in [2.45, 2.75) is 19.4 Å². The zero-order chi connectivity index (χ0) is 13.2. The number of rotatable bonds is 2. The first-order valence-electron chi connectivity index (χ1n) is 6.31. The number of piperazine rings is 1. The molecule has 1 aromatic carbocycles. The minimum absolute atomic E-state index is 0.0340. The molecule has 98 valence electrons. The molecule has 1 heterocycles. The largest absolute Gasteiger partial charge is 0.303 e. The summed E-state index contributed by atoms with van der Waals surface area (Å²) >= 11 is 0. The van der Waals surface area contributed by atoms with Crippen LogP contribution in [-0.2, 0) is 0 Å². The Labute approximate surface area is 109 Å². The molecular formula is C14H21N3O. The van der Waals surface area contributed by atoms with Crippen molar-refractivity contribution in [3.05, 3.63) is 35.9 Å². The highest BCUT2D eigenvalue weighted by Gasteiger charge is 2.33. The SMILES string of the molecule is CN1CCN(NC(=O)c2ccccc2)C(C)(C)C1. The van der Waals surface area contributed by atoms with E-state index in [0.717, 1.165) is 19.6 Å². The van der Waals surface area contributed by atoms with Crippen LogP contribution in [0.1, 0.15) is 24.2 Å². The van der Waals surface area contributed by atoms with Gasteiger partial charge in [0.1, 0.15) is 0 Å². The van der Waals surface area contributed by atoms with E-state index in [1.54, 1.807) is 0 Å². The third kappa shape index (κ3) is 2.89. The van der Waals surface area contributed by atoms with Crippen molar-refractivity contribution in [1.29, 1.82) is 0 Å². The monoisotopic (exact) mass is 247 g/mol. The number of nitrogens with zero attached hydrogens (tertiary/aromatic N) is 2. The number of likely N-dealkylation sites (N-methyl/N-ethyl adjacent to an activating group) is 1. The fraction of sp³-hybridized carbons (Fsp3) is 0.500. The number of benzene rings is 1. The predicted molar refractivity (Wildman–Crippen MR) is 72.2 cm³/mol. The van der Waals surface area contributed by atoms with Crippen LogP contribution in [0.25, 0.3) is 0 Å². The molecule has 0 bridgehead atoms. The van der Waals surface area contributed by atoms with Crippen molar-refractivity contribution >= 4 is 5.91 Å². The molecule has 0 atom stereocenters. The highest BCUT2D eigenvalue weighted by atomic mass is 16.2. The van der Waals surface area contributed by atoms with E-state index >= 15 is 0 Å². The molecular weight excluding hydrogens is 226 g/mol. The van der Waals surface area contributed by atoms with Crippen LogP contribution in [0.3, 0.4) is 0 Å². The van der Waals surface area contributed by atoms with E-state index in [4.69, 9.17) is 0 Å². The Balaban J connectivity index is 2.03. The summed E-state index contributed by atoms with van der Waals surface area (Å²) in [5.74, 6) is -0.0340. The van der Waals surface area contributed by atoms with Gasteiger partial charge < -0.3 is 4.90 Å². The van der Waals surface area contributed by atoms with Crippen LogP contribution in [0.5, 0.6) is 0 Å². The Morgan fingerprint density at radius 2 is 1.89 bits per heavy atom. The quantitative estimate of drug-likeness (QED) is 0.857. The van der Waals surface area contributed by atoms with Crippen LogP contribution in [0.4, 0.5) is 0 Å². The summed E-state index contributed by atoms with van der Waals surface area (Å²) in [7, 11) is 2.11. The summed E-state index contributed by atoms with van der Waals surface area (Å²) in [5, 5.41) is 2.04. The number of carbonyl (C=O) groups excluding carboxylic acids is 1. The maximum atomic E-state index is 12.1. The molecule has 0 unspecified atom stereocenters. The third-order valence-electron chi connectivity index (χ3n) is 3.37. The number of amides is 1. The van der Waals surface area contributed by atoms with Crippen LogP contribution in [-0.4, -0.2) is 48.0 Å². The van der Waals surface area contributed by atoms with E-state index in [0.29, 0.717) is 5.56 Å². The van der Waals surface area contributed by atoms with Gasteiger partial charge in [-0.15, -0.1) is 0 Å². The maximum absolute atomic E-state index is 12.1. The van der Waals surface area contributed by atoms with Gasteiger partial charge in [-0.3, -0.25) is 10.2 Å². The van der Waals surface area contributed by atoms with Crippen LogP contribution < -0.4 is 5.43 Å². The molecule has 2 rings (SSSR count). The molecule has 1 saturated heterocycles. The lowest BCUT2D eigenvalue weighted by atomic mass is 10.0. The molecule has 0 aliphatic carbocycles. The second-order valence-corrected chi connectivity index (χ2v) is 5.51. The van der Waals surface area contributed by atoms with Gasteiger partial charge in [-0.1, -0.05) is 18.2 Å². The minimum atomic E-state index is -0.0442. The van der Waals surface area contributed by atoms with Gasteiger partial charge in [-0.25, -0.2) is 5.01 Å². The second kappa shape index (κ2) is 5.08. The van der Waals surface area contributed by atoms with Gasteiger partial charge >= 0.3 is 0 Å². The van der Waals surface area contributed by atoms with Gasteiger partial charge in [0.05, 0.1) is 0 Å². The van der Waals surface area contributed by atoms with Crippen LogP contribution in [0, 0.1) is 0 Å². The lowest BCUT2D eigenvalue weighted by Gasteiger charge is -2.45. The Morgan fingerprint density at radius 1 is 1.22 bits per heavy atom. The van der Waals surface area contributed by atoms with E-state index in [1.807, 2.05) is 35.3 Å². The summed E-state index contributed by atoms with van der Waals surface area (Å²) in [5.41, 5.74) is 3.67. The van der Waals surface area contributed by atoms with Gasteiger partial charge in [0.2, 0.25) is 0 Å². The van der Waals surface area contributed by atoms with Gasteiger partial charge in [0, 0.05) is 30.7 Å². The third-order valence-corrected chi connectivity index (χ3v) is 3.37. The van der Waals surface area contributed by atoms with E-state index in [9.17, 15) is 4.79 Å².